The molecule has 170 valence electrons. The molecule has 0 radical (unpaired) electrons. The van der Waals surface area contributed by atoms with Crippen molar-refractivity contribution < 1.29 is 8.42 Å². The molecule has 3 nitrogen and oxygen atoms in total. The van der Waals surface area contributed by atoms with Crippen LogP contribution in [0.5, 0.6) is 0 Å². The fourth-order valence-corrected chi connectivity index (χ4v) is 5.66. The van der Waals surface area contributed by atoms with Gasteiger partial charge in [0.2, 0.25) is 0 Å². The van der Waals surface area contributed by atoms with Gasteiger partial charge in [-0.05, 0) is 101 Å². The van der Waals surface area contributed by atoms with Gasteiger partial charge in [0.1, 0.15) is 0 Å². The highest BCUT2D eigenvalue weighted by atomic mass is 35.5. The average molecular weight is 506 g/mol. The normalized spacial score (nSPS) is 14.2. The predicted octanol–water partition coefficient (Wildman–Crippen LogP) is 7.48. The maximum Gasteiger partial charge on any atom is 0.261 e. The zero-order valence-electron chi connectivity index (χ0n) is 18.1. The molecule has 1 N–H and O–H groups in total. The van der Waals surface area contributed by atoms with Crippen LogP contribution in [0.4, 0.5) is 5.69 Å². The van der Waals surface area contributed by atoms with E-state index < -0.39 is 10.0 Å². The largest absolute Gasteiger partial charge is 0.280 e. The van der Waals surface area contributed by atoms with E-state index in [1.165, 1.54) is 28.8 Å². The van der Waals surface area contributed by atoms with Crippen LogP contribution in [0.25, 0.3) is 11.6 Å². The number of fused-ring (bicyclic) bond motifs is 2. The molecule has 34 heavy (non-hydrogen) atoms. The van der Waals surface area contributed by atoms with Crippen LogP contribution >= 0.6 is 23.2 Å². The Morgan fingerprint density at radius 3 is 2.24 bits per heavy atom. The summed E-state index contributed by atoms with van der Waals surface area (Å²) < 4.78 is 28.3. The van der Waals surface area contributed by atoms with Gasteiger partial charge in [0.15, 0.2) is 0 Å². The van der Waals surface area contributed by atoms with E-state index in [-0.39, 0.29) is 4.90 Å². The van der Waals surface area contributed by atoms with E-state index in [1.54, 1.807) is 18.2 Å². The lowest BCUT2D eigenvalue weighted by Crippen LogP contribution is -2.12. The Bertz CT molecular complexity index is 1510. The summed E-state index contributed by atoms with van der Waals surface area (Å²) in [6, 6.07) is 27.9. The van der Waals surface area contributed by atoms with Crippen molar-refractivity contribution in [3.05, 3.63) is 129 Å². The van der Waals surface area contributed by atoms with Crippen LogP contribution < -0.4 is 4.72 Å². The van der Waals surface area contributed by atoms with E-state index in [4.69, 9.17) is 23.2 Å². The van der Waals surface area contributed by atoms with Crippen molar-refractivity contribution in [3.8, 4) is 0 Å². The molecule has 4 aromatic carbocycles. The first-order valence-corrected chi connectivity index (χ1v) is 13.1. The maximum atomic E-state index is 12.8. The lowest BCUT2D eigenvalue weighted by atomic mass is 9.92. The lowest BCUT2D eigenvalue weighted by Gasteiger charge is -2.13. The molecule has 0 heterocycles. The van der Waals surface area contributed by atoms with Crippen molar-refractivity contribution in [2.75, 3.05) is 4.72 Å². The monoisotopic (exact) mass is 505 g/mol. The van der Waals surface area contributed by atoms with Crippen LogP contribution in [-0.2, 0) is 22.9 Å². The summed E-state index contributed by atoms with van der Waals surface area (Å²) in [5, 5.41) is 1.21. The number of hydrogen-bond donors (Lipinski definition) is 1. The molecule has 5 rings (SSSR count). The van der Waals surface area contributed by atoms with Crippen LogP contribution in [0.1, 0.15) is 27.8 Å². The summed E-state index contributed by atoms with van der Waals surface area (Å²) in [6.45, 7) is 0. The average Bonchev–Trinajstić information content (AvgIpc) is 2.96. The Morgan fingerprint density at radius 2 is 1.41 bits per heavy atom. The molecule has 0 aromatic heterocycles. The van der Waals surface area contributed by atoms with E-state index >= 15 is 0 Å². The second-order valence-corrected chi connectivity index (χ2v) is 10.8. The number of hydrogen-bond acceptors (Lipinski definition) is 2. The second-order valence-electron chi connectivity index (χ2n) is 8.20. The quantitative estimate of drug-likeness (QED) is 0.312. The molecule has 4 aromatic rings. The smallest absolute Gasteiger partial charge is 0.261 e. The topological polar surface area (TPSA) is 46.2 Å². The molecule has 6 heteroatoms. The number of aryl methyl sites for hydroxylation is 2. The van der Waals surface area contributed by atoms with Gasteiger partial charge in [-0.3, -0.25) is 4.72 Å². The zero-order chi connectivity index (χ0) is 23.7. The minimum atomic E-state index is -3.73. The van der Waals surface area contributed by atoms with Gasteiger partial charge in [-0.25, -0.2) is 8.42 Å². The molecule has 1 aliphatic rings. The third-order valence-electron chi connectivity index (χ3n) is 5.90. The van der Waals surface area contributed by atoms with E-state index in [2.05, 4.69) is 35.1 Å². The van der Waals surface area contributed by atoms with Crippen molar-refractivity contribution in [2.45, 2.75) is 17.7 Å². The summed E-state index contributed by atoms with van der Waals surface area (Å²) in [7, 11) is -3.73. The molecular weight excluding hydrogens is 485 g/mol. The summed E-state index contributed by atoms with van der Waals surface area (Å²) in [5.74, 6) is 0. The van der Waals surface area contributed by atoms with Gasteiger partial charge in [-0.1, -0.05) is 65.7 Å². The molecule has 0 unspecified atom stereocenters. The van der Waals surface area contributed by atoms with Crippen molar-refractivity contribution in [1.29, 1.82) is 0 Å². The highest BCUT2D eigenvalue weighted by Gasteiger charge is 2.19. The molecule has 0 aliphatic heterocycles. The van der Waals surface area contributed by atoms with Gasteiger partial charge >= 0.3 is 0 Å². The Hall–Kier alpha value is -3.05. The van der Waals surface area contributed by atoms with Crippen LogP contribution in [0, 0.1) is 0 Å². The van der Waals surface area contributed by atoms with Crippen molar-refractivity contribution in [2.24, 2.45) is 0 Å². The fourth-order valence-electron chi connectivity index (χ4n) is 4.29. The van der Waals surface area contributed by atoms with Gasteiger partial charge in [0.25, 0.3) is 10.0 Å². The van der Waals surface area contributed by atoms with Gasteiger partial charge in [0.05, 0.1) is 4.90 Å². The number of nitrogens with one attached hydrogen (secondary N) is 1. The van der Waals surface area contributed by atoms with Gasteiger partial charge in [-0.2, -0.15) is 0 Å². The first-order chi connectivity index (χ1) is 16.4. The zero-order valence-corrected chi connectivity index (χ0v) is 20.5. The highest BCUT2D eigenvalue weighted by molar-refractivity contribution is 7.92. The summed E-state index contributed by atoms with van der Waals surface area (Å²) in [6.07, 6.45) is 3.95. The van der Waals surface area contributed by atoms with E-state index in [0.717, 1.165) is 34.6 Å². The first-order valence-electron chi connectivity index (χ1n) is 10.9. The van der Waals surface area contributed by atoms with Gasteiger partial charge in [0, 0.05) is 15.7 Å². The van der Waals surface area contributed by atoms with Crippen LogP contribution in [0.3, 0.4) is 0 Å². The molecule has 0 amide bonds. The minimum absolute atomic E-state index is 0.157. The van der Waals surface area contributed by atoms with E-state index in [1.807, 2.05) is 36.4 Å². The Morgan fingerprint density at radius 1 is 0.706 bits per heavy atom. The molecule has 1 aliphatic carbocycles. The number of benzene rings is 4. The predicted molar refractivity (Wildman–Crippen MR) is 141 cm³/mol. The van der Waals surface area contributed by atoms with Crippen molar-refractivity contribution in [1.82, 2.24) is 0 Å². The minimum Gasteiger partial charge on any atom is -0.280 e. The lowest BCUT2D eigenvalue weighted by molar-refractivity contribution is 0.601. The number of sulfonamides is 1. The van der Waals surface area contributed by atoms with Crippen LogP contribution in [-0.4, -0.2) is 8.42 Å². The number of rotatable bonds is 4. The summed E-state index contributed by atoms with van der Waals surface area (Å²) in [5.41, 5.74) is 7.27. The third-order valence-corrected chi connectivity index (χ3v) is 7.79. The van der Waals surface area contributed by atoms with Crippen molar-refractivity contribution >= 4 is 50.6 Å². The van der Waals surface area contributed by atoms with E-state index in [0.29, 0.717) is 10.7 Å². The Balaban J connectivity index is 1.56. The first kappa shape index (κ1) is 22.7. The standard InChI is InChI=1S/C28H21Cl2NO2S/c29-22-10-13-25(14-11-22)34(32,33)31-24-6-3-4-19(16-24)17-28-26-7-2-1-5-20(26)8-9-21-18-23(30)12-15-27(21)28/h1-7,10-18,31H,8-9H2. The van der Waals surface area contributed by atoms with Crippen LogP contribution in [0.15, 0.2) is 95.9 Å². The third kappa shape index (κ3) is 4.76. The Labute approximate surface area is 209 Å². The molecule has 0 atom stereocenters. The summed E-state index contributed by atoms with van der Waals surface area (Å²) >= 11 is 12.2. The SMILES string of the molecule is O=S(=O)(Nc1cccc(C=C2c3ccccc3CCc3cc(Cl)ccc32)c1)c1ccc(Cl)cc1. The van der Waals surface area contributed by atoms with Gasteiger partial charge < -0.3 is 0 Å². The number of anilines is 1. The second kappa shape index (κ2) is 9.30. The molecule has 0 bridgehead atoms. The highest BCUT2D eigenvalue weighted by Crippen LogP contribution is 2.36. The maximum absolute atomic E-state index is 12.8. The number of halogens is 2. The molecule has 0 spiro atoms. The molecule has 0 saturated heterocycles. The van der Waals surface area contributed by atoms with Crippen molar-refractivity contribution in [3.63, 3.8) is 0 Å². The van der Waals surface area contributed by atoms with Crippen LogP contribution in [0.2, 0.25) is 10.0 Å². The molecular formula is C28H21Cl2NO2S. The molecule has 0 saturated carbocycles. The Kier molecular flexibility index (Phi) is 6.22. The van der Waals surface area contributed by atoms with E-state index in [9.17, 15) is 8.42 Å². The fraction of sp³-hybridized carbons (Fsp3) is 0.0714. The van der Waals surface area contributed by atoms with Gasteiger partial charge in [-0.15, -0.1) is 0 Å². The molecule has 0 fully saturated rings. The summed E-state index contributed by atoms with van der Waals surface area (Å²) in [4.78, 5) is 0.157.